The highest BCUT2D eigenvalue weighted by atomic mass is 32.1. The predicted molar refractivity (Wildman–Crippen MR) is 70.7 cm³/mol. The van der Waals surface area contributed by atoms with Crippen molar-refractivity contribution in [3.63, 3.8) is 0 Å². The topological polar surface area (TPSA) is 68.0 Å². The van der Waals surface area contributed by atoms with E-state index in [2.05, 4.69) is 10.3 Å². The number of aromatic nitrogens is 1. The summed E-state index contributed by atoms with van der Waals surface area (Å²) in [5, 5.41) is 5.79. The Morgan fingerprint density at radius 3 is 2.71 bits per heavy atom. The molecule has 0 aliphatic rings. The summed E-state index contributed by atoms with van der Waals surface area (Å²) in [4.78, 5) is 16.1. The number of thiazole rings is 1. The largest absolute Gasteiger partial charge is 0.345 e. The number of hydrogen-bond donors (Lipinski definition) is 2. The first kappa shape index (κ1) is 14.1. The number of amides is 1. The van der Waals surface area contributed by atoms with E-state index >= 15 is 0 Å². The minimum atomic E-state index is -0.429. The van der Waals surface area contributed by atoms with Crippen molar-refractivity contribution in [1.29, 1.82) is 0 Å². The highest BCUT2D eigenvalue weighted by Crippen LogP contribution is 2.22. The van der Waals surface area contributed by atoms with Gasteiger partial charge in [-0.3, -0.25) is 4.79 Å². The van der Waals surface area contributed by atoms with Gasteiger partial charge in [-0.2, -0.15) is 0 Å². The summed E-state index contributed by atoms with van der Waals surface area (Å²) in [5.74, 6) is 0.287. The van der Waals surface area contributed by atoms with Gasteiger partial charge in [-0.1, -0.05) is 13.8 Å². The molecule has 0 aliphatic carbocycles. The molecule has 0 saturated heterocycles. The van der Waals surface area contributed by atoms with E-state index in [-0.39, 0.29) is 11.9 Å². The number of nitrogens with one attached hydrogen (secondary N) is 1. The fourth-order valence-corrected chi connectivity index (χ4v) is 2.15. The predicted octanol–water partition coefficient (Wildman–Crippen LogP) is 1.87. The van der Waals surface area contributed by atoms with E-state index in [4.69, 9.17) is 5.73 Å². The van der Waals surface area contributed by atoms with Crippen LogP contribution in [0.5, 0.6) is 0 Å². The van der Waals surface area contributed by atoms with Gasteiger partial charge in [0.25, 0.3) is 0 Å². The number of nitrogens with zero attached hydrogens (tertiary/aromatic N) is 1. The summed E-state index contributed by atoms with van der Waals surface area (Å²) in [6, 6.07) is -0.0953. The van der Waals surface area contributed by atoms with Crippen molar-refractivity contribution in [2.75, 3.05) is 0 Å². The highest BCUT2D eigenvalue weighted by molar-refractivity contribution is 7.09. The van der Waals surface area contributed by atoms with Crippen LogP contribution in [0.25, 0.3) is 0 Å². The summed E-state index contributed by atoms with van der Waals surface area (Å²) in [7, 11) is 0. The zero-order valence-corrected chi connectivity index (χ0v) is 11.7. The molecule has 1 unspecified atom stereocenters. The van der Waals surface area contributed by atoms with Gasteiger partial charge in [-0.05, 0) is 19.8 Å². The Balaban J connectivity index is 2.57. The summed E-state index contributed by atoms with van der Waals surface area (Å²) in [6.07, 6.45) is 2.10. The van der Waals surface area contributed by atoms with Crippen LogP contribution >= 0.6 is 11.3 Å². The Kier molecular flexibility index (Phi) is 4.65. The molecule has 4 nitrogen and oxygen atoms in total. The van der Waals surface area contributed by atoms with Crippen LogP contribution in [0, 0.1) is 5.92 Å². The van der Waals surface area contributed by atoms with Crippen LogP contribution in [0.2, 0.25) is 0 Å². The molecule has 1 aromatic heterocycles. The Hall–Kier alpha value is -0.940. The quantitative estimate of drug-likeness (QED) is 0.844. The number of hydrogen-bond acceptors (Lipinski definition) is 4. The lowest BCUT2D eigenvalue weighted by atomic mass is 10.0. The zero-order chi connectivity index (χ0) is 13.1. The van der Waals surface area contributed by atoms with E-state index in [1.807, 2.05) is 33.1 Å². The zero-order valence-electron chi connectivity index (χ0n) is 10.9. The average molecular weight is 255 g/mol. The van der Waals surface area contributed by atoms with E-state index in [9.17, 15) is 4.79 Å². The molecular formula is C12H21N3OS. The van der Waals surface area contributed by atoms with E-state index in [1.165, 1.54) is 11.3 Å². The first-order valence-electron chi connectivity index (χ1n) is 5.79. The van der Waals surface area contributed by atoms with Crippen LogP contribution in [0.15, 0.2) is 11.6 Å². The van der Waals surface area contributed by atoms with Crippen molar-refractivity contribution in [3.8, 4) is 0 Å². The van der Waals surface area contributed by atoms with Gasteiger partial charge in [0.05, 0.1) is 5.54 Å². The molecule has 17 heavy (non-hydrogen) atoms. The molecule has 3 N–H and O–H groups in total. The number of rotatable bonds is 5. The molecule has 0 spiro atoms. The molecule has 1 heterocycles. The molecule has 0 bridgehead atoms. The molecule has 0 aliphatic heterocycles. The molecule has 0 saturated carbocycles. The second-order valence-corrected chi connectivity index (χ2v) is 6.02. The fraction of sp³-hybridized carbons (Fsp3) is 0.667. The first-order valence-corrected chi connectivity index (χ1v) is 6.67. The van der Waals surface area contributed by atoms with Crippen LogP contribution in [0.1, 0.15) is 39.1 Å². The second-order valence-electron chi connectivity index (χ2n) is 5.12. The normalized spacial score (nSPS) is 13.8. The third kappa shape index (κ3) is 4.09. The van der Waals surface area contributed by atoms with Crippen LogP contribution < -0.4 is 11.1 Å². The summed E-state index contributed by atoms with van der Waals surface area (Å²) in [6.45, 7) is 7.93. The van der Waals surface area contributed by atoms with Crippen LogP contribution in [-0.2, 0) is 10.3 Å². The van der Waals surface area contributed by atoms with Gasteiger partial charge >= 0.3 is 0 Å². The first-order chi connectivity index (χ1) is 7.83. The van der Waals surface area contributed by atoms with Crippen molar-refractivity contribution in [1.82, 2.24) is 10.3 Å². The van der Waals surface area contributed by atoms with Crippen molar-refractivity contribution in [2.24, 2.45) is 11.7 Å². The Morgan fingerprint density at radius 2 is 2.24 bits per heavy atom. The van der Waals surface area contributed by atoms with Gasteiger partial charge in [-0.15, -0.1) is 11.3 Å². The lowest BCUT2D eigenvalue weighted by molar-refractivity contribution is -0.123. The second kappa shape index (κ2) is 5.60. The van der Waals surface area contributed by atoms with E-state index in [0.717, 1.165) is 5.01 Å². The average Bonchev–Trinajstić information content (AvgIpc) is 2.69. The van der Waals surface area contributed by atoms with Gasteiger partial charge in [0.15, 0.2) is 0 Å². The molecule has 1 amide bonds. The molecular weight excluding hydrogens is 234 g/mol. The van der Waals surface area contributed by atoms with E-state index in [0.29, 0.717) is 12.3 Å². The highest BCUT2D eigenvalue weighted by Gasteiger charge is 2.26. The van der Waals surface area contributed by atoms with Crippen molar-refractivity contribution in [3.05, 3.63) is 16.6 Å². The van der Waals surface area contributed by atoms with Crippen LogP contribution in [0.4, 0.5) is 0 Å². The Labute approximate surface area is 107 Å². The monoisotopic (exact) mass is 255 g/mol. The number of carbonyl (C=O) groups excluding carboxylic acids is 1. The van der Waals surface area contributed by atoms with Gasteiger partial charge in [-0.25, -0.2) is 4.98 Å². The van der Waals surface area contributed by atoms with E-state index in [1.54, 1.807) is 6.20 Å². The van der Waals surface area contributed by atoms with Gasteiger partial charge in [0, 0.05) is 24.0 Å². The Morgan fingerprint density at radius 1 is 1.59 bits per heavy atom. The maximum absolute atomic E-state index is 11.9. The summed E-state index contributed by atoms with van der Waals surface area (Å²) < 4.78 is 0. The fourth-order valence-electron chi connectivity index (χ4n) is 1.43. The molecule has 0 radical (unpaired) electrons. The summed E-state index contributed by atoms with van der Waals surface area (Å²) >= 11 is 1.54. The molecule has 0 fully saturated rings. The third-order valence-electron chi connectivity index (χ3n) is 2.70. The van der Waals surface area contributed by atoms with Crippen molar-refractivity contribution >= 4 is 17.2 Å². The smallest absolute Gasteiger partial charge is 0.222 e. The van der Waals surface area contributed by atoms with Gasteiger partial charge in [0.2, 0.25) is 5.91 Å². The SMILES string of the molecule is CC(C)C(N)CC(=O)NC(C)(C)c1nccs1. The summed E-state index contributed by atoms with van der Waals surface area (Å²) in [5.41, 5.74) is 5.45. The standard InChI is InChI=1S/C12H21N3OS/c1-8(2)9(13)7-10(16)15-12(3,4)11-14-5-6-17-11/h5-6,8-9H,7,13H2,1-4H3,(H,15,16). The van der Waals surface area contributed by atoms with Crippen LogP contribution in [-0.4, -0.2) is 16.9 Å². The third-order valence-corrected chi connectivity index (χ3v) is 3.79. The lowest BCUT2D eigenvalue weighted by Crippen LogP contribution is -2.44. The van der Waals surface area contributed by atoms with Crippen molar-refractivity contribution in [2.45, 2.75) is 45.7 Å². The number of nitrogens with two attached hydrogens (primary N) is 1. The number of carbonyl (C=O) groups is 1. The van der Waals surface area contributed by atoms with Gasteiger partial charge < -0.3 is 11.1 Å². The molecule has 96 valence electrons. The van der Waals surface area contributed by atoms with Crippen molar-refractivity contribution < 1.29 is 4.79 Å². The molecule has 1 atom stereocenters. The minimum Gasteiger partial charge on any atom is -0.345 e. The maximum Gasteiger partial charge on any atom is 0.222 e. The molecule has 1 aromatic rings. The molecule has 5 heteroatoms. The Bertz CT molecular complexity index is 360. The minimum absolute atomic E-state index is 0.0219. The van der Waals surface area contributed by atoms with Crippen LogP contribution in [0.3, 0.4) is 0 Å². The maximum atomic E-state index is 11.9. The van der Waals surface area contributed by atoms with E-state index < -0.39 is 5.54 Å². The van der Waals surface area contributed by atoms with Gasteiger partial charge in [0.1, 0.15) is 5.01 Å². The lowest BCUT2D eigenvalue weighted by Gasteiger charge is -2.25. The molecule has 1 rings (SSSR count). The molecule has 0 aromatic carbocycles.